The van der Waals surface area contributed by atoms with Gasteiger partial charge in [-0.05, 0) is 78.1 Å². The molecule has 57 heavy (non-hydrogen) atoms. The minimum atomic E-state index is -1.40. The molecule has 1 aliphatic heterocycles. The van der Waals surface area contributed by atoms with E-state index in [-0.39, 0.29) is 42.7 Å². The van der Waals surface area contributed by atoms with Crippen molar-refractivity contribution >= 4 is 17.9 Å². The van der Waals surface area contributed by atoms with Crippen molar-refractivity contribution in [2.75, 3.05) is 20.8 Å². The number of fused-ring (bicyclic) bond motifs is 1. The van der Waals surface area contributed by atoms with Crippen LogP contribution in [0.15, 0.2) is 79.0 Å². The summed E-state index contributed by atoms with van der Waals surface area (Å²) in [6.07, 6.45) is -2.09. The molecule has 3 aromatic carbocycles. The number of hydrogen-bond acceptors (Lipinski definition) is 9. The van der Waals surface area contributed by atoms with Crippen LogP contribution in [0.25, 0.3) is 11.1 Å². The van der Waals surface area contributed by atoms with Gasteiger partial charge in [-0.2, -0.15) is 0 Å². The number of carbonyl (C=O) groups is 3. The first-order valence-electron chi connectivity index (χ1n) is 18.6. The Labute approximate surface area is 331 Å². The molecule has 0 bridgehead atoms. The zero-order valence-electron chi connectivity index (χ0n) is 32.8. The van der Waals surface area contributed by atoms with Crippen molar-refractivity contribution in [3.8, 4) is 22.8 Å². The van der Waals surface area contributed by atoms with Gasteiger partial charge >= 0.3 is 6.09 Å². The molecule has 0 saturated heterocycles. The summed E-state index contributed by atoms with van der Waals surface area (Å²) in [7, 11) is 2.71. The fourth-order valence-electron chi connectivity index (χ4n) is 6.89. The number of benzene rings is 3. The topological polar surface area (TPSA) is 168 Å². The molecular weight excluding hydrogens is 738 g/mol. The number of rotatable bonds is 14. The van der Waals surface area contributed by atoms with E-state index in [1.165, 1.54) is 38.5 Å². The van der Waals surface area contributed by atoms with Gasteiger partial charge in [0.05, 0.1) is 32.4 Å². The zero-order valence-corrected chi connectivity index (χ0v) is 32.8. The minimum absolute atomic E-state index is 0.0899. The number of aromatic nitrogens is 1. The monoisotopic (exact) mass is 788 g/mol. The Bertz CT molecular complexity index is 2020. The predicted molar refractivity (Wildman–Crippen MR) is 208 cm³/mol. The van der Waals surface area contributed by atoms with Gasteiger partial charge in [-0.25, -0.2) is 18.6 Å². The van der Waals surface area contributed by atoms with Gasteiger partial charge in [-0.1, -0.05) is 63.2 Å². The molecule has 12 nitrogen and oxygen atoms in total. The molecule has 6 atom stereocenters. The highest BCUT2D eigenvalue weighted by atomic mass is 19.1. The molecule has 0 aliphatic carbocycles. The summed E-state index contributed by atoms with van der Waals surface area (Å²) in [4.78, 5) is 44.8. The lowest BCUT2D eigenvalue weighted by Crippen LogP contribution is -2.57. The molecule has 14 heteroatoms. The molecule has 1 aromatic heterocycles. The average molecular weight is 789 g/mol. The SMILES string of the molecule is COC(=O)N[C@H](C(=O)N[C@@H](Cc1ccc(-c2ccc(OC)nc2)cc1)[C@@H](O)C[C@@H](Cc1ccccc1F)C(=O)N[C@H]1c2cc(C)cc(F)c2OC[C@H]1O)C(C)(C)C. The quantitative estimate of drug-likeness (QED) is 0.113. The Morgan fingerprint density at radius 3 is 2.26 bits per heavy atom. The van der Waals surface area contributed by atoms with Crippen LogP contribution in [0.2, 0.25) is 0 Å². The number of nitrogens with one attached hydrogen (secondary N) is 3. The third-order valence-corrected chi connectivity index (χ3v) is 10.0. The number of alkyl carbamates (subject to hydrolysis) is 1. The molecule has 2 heterocycles. The van der Waals surface area contributed by atoms with E-state index in [9.17, 15) is 29.0 Å². The molecule has 0 saturated carbocycles. The second-order valence-electron chi connectivity index (χ2n) is 15.4. The first-order chi connectivity index (χ1) is 27.1. The molecule has 0 spiro atoms. The van der Waals surface area contributed by atoms with E-state index < -0.39 is 71.2 Å². The van der Waals surface area contributed by atoms with Gasteiger partial charge in [-0.3, -0.25) is 9.59 Å². The van der Waals surface area contributed by atoms with Gasteiger partial charge in [0.1, 0.15) is 24.6 Å². The van der Waals surface area contributed by atoms with Crippen LogP contribution in [-0.4, -0.2) is 78.2 Å². The second kappa shape index (κ2) is 18.6. The maximum atomic E-state index is 15.1. The Hall–Kier alpha value is -5.60. The number of hydrogen-bond donors (Lipinski definition) is 5. The number of methoxy groups -OCH3 is 2. The van der Waals surface area contributed by atoms with E-state index in [1.54, 1.807) is 52.1 Å². The molecule has 4 aromatic rings. The van der Waals surface area contributed by atoms with E-state index in [0.717, 1.165) is 16.7 Å². The Balaban J connectivity index is 1.46. The Morgan fingerprint density at radius 2 is 1.63 bits per heavy atom. The maximum absolute atomic E-state index is 15.1. The van der Waals surface area contributed by atoms with Crippen molar-refractivity contribution in [3.63, 3.8) is 0 Å². The summed E-state index contributed by atoms with van der Waals surface area (Å²) in [5.41, 5.74) is 2.64. The molecule has 5 rings (SSSR count). The number of aryl methyl sites for hydroxylation is 1. The molecular formula is C43H50F2N4O8. The molecule has 304 valence electrons. The Kier molecular flexibility index (Phi) is 13.9. The van der Waals surface area contributed by atoms with E-state index >= 15 is 4.39 Å². The molecule has 0 radical (unpaired) electrons. The van der Waals surface area contributed by atoms with Crippen molar-refractivity contribution < 1.29 is 47.6 Å². The number of amides is 3. The summed E-state index contributed by atoms with van der Waals surface area (Å²) < 4.78 is 45.4. The summed E-state index contributed by atoms with van der Waals surface area (Å²) in [5, 5.41) is 31.3. The number of halogens is 2. The highest BCUT2D eigenvalue weighted by Gasteiger charge is 2.38. The zero-order chi connectivity index (χ0) is 41.4. The van der Waals surface area contributed by atoms with E-state index in [1.807, 2.05) is 30.3 Å². The van der Waals surface area contributed by atoms with Crippen molar-refractivity contribution in [1.82, 2.24) is 20.9 Å². The molecule has 1 aliphatic rings. The van der Waals surface area contributed by atoms with Gasteiger partial charge in [-0.15, -0.1) is 0 Å². The largest absolute Gasteiger partial charge is 0.487 e. The van der Waals surface area contributed by atoms with E-state index in [2.05, 4.69) is 20.9 Å². The van der Waals surface area contributed by atoms with E-state index in [0.29, 0.717) is 11.4 Å². The minimum Gasteiger partial charge on any atom is -0.487 e. The van der Waals surface area contributed by atoms with Crippen LogP contribution >= 0.6 is 0 Å². The van der Waals surface area contributed by atoms with Crippen LogP contribution in [-0.2, 0) is 27.2 Å². The predicted octanol–water partition coefficient (Wildman–Crippen LogP) is 5.36. The highest BCUT2D eigenvalue weighted by molar-refractivity contribution is 5.86. The third-order valence-electron chi connectivity index (χ3n) is 10.0. The summed E-state index contributed by atoms with van der Waals surface area (Å²) >= 11 is 0. The number of carbonyl (C=O) groups excluding carboxylic acids is 3. The van der Waals surface area contributed by atoms with Crippen LogP contribution in [0.5, 0.6) is 11.6 Å². The van der Waals surface area contributed by atoms with Crippen molar-refractivity contribution in [2.24, 2.45) is 11.3 Å². The van der Waals surface area contributed by atoms with Gasteiger partial charge in [0.15, 0.2) is 11.6 Å². The lowest BCUT2D eigenvalue weighted by molar-refractivity contribution is -0.128. The number of ether oxygens (including phenoxy) is 3. The highest BCUT2D eigenvalue weighted by Crippen LogP contribution is 2.36. The molecule has 0 fully saturated rings. The summed E-state index contributed by atoms with van der Waals surface area (Å²) in [6.45, 7) is 6.67. The Morgan fingerprint density at radius 1 is 0.930 bits per heavy atom. The van der Waals surface area contributed by atoms with Gasteiger partial charge in [0, 0.05) is 29.3 Å². The van der Waals surface area contributed by atoms with Gasteiger partial charge in [0.2, 0.25) is 17.7 Å². The normalized spacial score (nSPS) is 17.2. The van der Waals surface area contributed by atoms with Gasteiger partial charge < -0.3 is 40.4 Å². The van der Waals surface area contributed by atoms with Crippen LogP contribution in [0, 0.1) is 29.9 Å². The van der Waals surface area contributed by atoms with Crippen molar-refractivity contribution in [2.45, 2.75) is 77.3 Å². The van der Waals surface area contributed by atoms with Gasteiger partial charge in [0.25, 0.3) is 0 Å². The van der Waals surface area contributed by atoms with Crippen LogP contribution < -0.4 is 25.4 Å². The number of aliphatic hydroxyl groups excluding tert-OH is 2. The lowest BCUT2D eigenvalue weighted by atomic mass is 9.85. The van der Waals surface area contributed by atoms with Crippen molar-refractivity contribution in [1.29, 1.82) is 0 Å². The fourth-order valence-corrected chi connectivity index (χ4v) is 6.89. The van der Waals surface area contributed by atoms with E-state index in [4.69, 9.17) is 14.2 Å². The van der Waals surface area contributed by atoms with Crippen molar-refractivity contribution in [3.05, 3.63) is 113 Å². The smallest absolute Gasteiger partial charge is 0.407 e. The number of aliphatic hydroxyl groups is 2. The van der Waals surface area contributed by atoms with Crippen LogP contribution in [0.1, 0.15) is 55.5 Å². The summed E-state index contributed by atoms with van der Waals surface area (Å²) in [6, 6.07) is 16.7. The molecule has 3 amide bonds. The standard InChI is InChI=1S/C43H50F2N4O8/c1-24-17-30-37(35(51)23-57-38(30)32(45)18-24)48-40(52)29(20-27-9-7-8-10-31(27)44)21-34(50)33(47-41(53)39(43(2,3)4)49-42(54)56-6)19-25-11-13-26(14-12-25)28-15-16-36(55-5)46-22-28/h7-18,22,29,33-35,37,39,50-51H,19-21,23H2,1-6H3,(H,47,53)(H,48,52)(H,49,54)/t29-,33+,34+,35-,37+,39-/m1/s1. The second-order valence-corrected chi connectivity index (χ2v) is 15.4. The third kappa shape index (κ3) is 10.8. The molecule has 5 N–H and O–H groups in total. The lowest BCUT2D eigenvalue weighted by Gasteiger charge is -2.34. The average Bonchev–Trinajstić information content (AvgIpc) is 3.17. The number of pyridine rings is 1. The number of nitrogens with zero attached hydrogens (tertiary/aromatic N) is 1. The first kappa shape index (κ1) is 42.5. The maximum Gasteiger partial charge on any atom is 0.407 e. The van der Waals surface area contributed by atoms with Crippen LogP contribution in [0.4, 0.5) is 13.6 Å². The van der Waals surface area contributed by atoms with Crippen LogP contribution in [0.3, 0.4) is 0 Å². The first-order valence-corrected chi connectivity index (χ1v) is 18.6. The molecule has 0 unspecified atom stereocenters. The summed E-state index contributed by atoms with van der Waals surface area (Å²) in [5.74, 6) is -3.16. The fraction of sp³-hybridized carbons (Fsp3) is 0.395.